The summed E-state index contributed by atoms with van der Waals surface area (Å²) in [5, 5.41) is 0.124. The van der Waals surface area contributed by atoms with Crippen molar-refractivity contribution >= 4 is 11.6 Å². The van der Waals surface area contributed by atoms with E-state index in [1.807, 2.05) is 6.92 Å². The molecule has 0 fully saturated rings. The average molecular weight is 243 g/mol. The van der Waals surface area contributed by atoms with Crippen LogP contribution in [0.1, 0.15) is 31.4 Å². The highest BCUT2D eigenvalue weighted by molar-refractivity contribution is 6.30. The lowest BCUT2D eigenvalue weighted by molar-refractivity contribution is 0.511. The first-order valence-corrected chi connectivity index (χ1v) is 5.48. The highest BCUT2D eigenvalue weighted by atomic mass is 35.5. The van der Waals surface area contributed by atoms with Crippen LogP contribution < -0.4 is 11.3 Å². The van der Waals surface area contributed by atoms with Crippen molar-refractivity contribution in [2.24, 2.45) is 5.84 Å². The molecule has 0 radical (unpaired) electrons. The van der Waals surface area contributed by atoms with Crippen LogP contribution in [0.2, 0.25) is 5.02 Å². The van der Waals surface area contributed by atoms with Gasteiger partial charge in [-0.3, -0.25) is 11.3 Å². The van der Waals surface area contributed by atoms with E-state index in [1.54, 1.807) is 6.07 Å². The first-order valence-electron chi connectivity index (χ1n) is 5.10. The molecular formula is C12H16ClFN2. The minimum absolute atomic E-state index is 0.0801. The molecule has 1 rings (SSSR count). The molecule has 0 bridgehead atoms. The molecular weight excluding hydrogens is 227 g/mol. The molecule has 3 N–H and O–H groups in total. The van der Waals surface area contributed by atoms with Gasteiger partial charge in [-0.25, -0.2) is 4.39 Å². The number of nitrogens with two attached hydrogens (primary N) is 1. The lowest BCUT2D eigenvalue weighted by atomic mass is 10.0. The Morgan fingerprint density at radius 2 is 2.31 bits per heavy atom. The molecule has 88 valence electrons. The second-order valence-electron chi connectivity index (χ2n) is 3.89. The Labute approximate surface area is 100 Å². The smallest absolute Gasteiger partial charge is 0.142 e. The van der Waals surface area contributed by atoms with Crippen LogP contribution in [0.5, 0.6) is 0 Å². The molecule has 1 unspecified atom stereocenters. The number of hydrogen-bond donors (Lipinski definition) is 2. The Balaban J connectivity index is 2.78. The van der Waals surface area contributed by atoms with E-state index < -0.39 is 5.82 Å². The molecule has 0 aromatic heterocycles. The molecule has 4 heteroatoms. The van der Waals surface area contributed by atoms with E-state index in [2.05, 4.69) is 12.0 Å². The van der Waals surface area contributed by atoms with Gasteiger partial charge in [-0.05, 0) is 37.5 Å². The van der Waals surface area contributed by atoms with Crippen molar-refractivity contribution in [3.63, 3.8) is 0 Å². The molecule has 0 aliphatic heterocycles. The lowest BCUT2D eigenvalue weighted by Crippen LogP contribution is -2.28. The summed E-state index contributed by atoms with van der Waals surface area (Å²) >= 11 is 5.62. The van der Waals surface area contributed by atoms with Crippen molar-refractivity contribution in [1.29, 1.82) is 0 Å². The van der Waals surface area contributed by atoms with Gasteiger partial charge in [-0.1, -0.05) is 23.2 Å². The Bertz CT molecular complexity index is 379. The third-order valence-corrected chi connectivity index (χ3v) is 2.71. The van der Waals surface area contributed by atoms with Crippen molar-refractivity contribution in [3.05, 3.63) is 46.8 Å². The van der Waals surface area contributed by atoms with E-state index in [1.165, 1.54) is 12.1 Å². The molecule has 1 aromatic carbocycles. The van der Waals surface area contributed by atoms with Gasteiger partial charge in [0, 0.05) is 6.04 Å². The predicted octanol–water partition coefficient (Wildman–Crippen LogP) is 3.34. The topological polar surface area (TPSA) is 38.0 Å². The van der Waals surface area contributed by atoms with Gasteiger partial charge in [0.2, 0.25) is 0 Å². The maximum absolute atomic E-state index is 13.3. The standard InChI is InChI=1S/C12H16ClFN2/c1-8(2)3-6-12(16-15)9-4-5-10(13)11(14)7-9/h4-5,7,12,16H,1,3,6,15H2,2H3. The van der Waals surface area contributed by atoms with Crippen molar-refractivity contribution in [1.82, 2.24) is 5.43 Å². The van der Waals surface area contributed by atoms with E-state index in [0.29, 0.717) is 0 Å². The van der Waals surface area contributed by atoms with E-state index in [9.17, 15) is 4.39 Å². The van der Waals surface area contributed by atoms with Gasteiger partial charge in [0.15, 0.2) is 0 Å². The highest BCUT2D eigenvalue weighted by Gasteiger charge is 2.11. The van der Waals surface area contributed by atoms with Gasteiger partial charge in [-0.15, -0.1) is 6.58 Å². The van der Waals surface area contributed by atoms with Crippen molar-refractivity contribution < 1.29 is 4.39 Å². The summed E-state index contributed by atoms with van der Waals surface area (Å²) in [6.45, 7) is 5.78. The van der Waals surface area contributed by atoms with Crippen LogP contribution in [0.3, 0.4) is 0 Å². The van der Waals surface area contributed by atoms with Gasteiger partial charge < -0.3 is 0 Å². The maximum Gasteiger partial charge on any atom is 0.142 e. The molecule has 0 spiro atoms. The van der Waals surface area contributed by atoms with E-state index in [0.717, 1.165) is 24.0 Å². The first-order chi connectivity index (χ1) is 7.54. The average Bonchev–Trinajstić information content (AvgIpc) is 2.23. The number of benzene rings is 1. The second-order valence-corrected chi connectivity index (χ2v) is 4.30. The van der Waals surface area contributed by atoms with Gasteiger partial charge >= 0.3 is 0 Å². The summed E-state index contributed by atoms with van der Waals surface area (Å²) in [4.78, 5) is 0. The summed E-state index contributed by atoms with van der Waals surface area (Å²) in [5.74, 6) is 5.02. The SMILES string of the molecule is C=C(C)CCC(NN)c1ccc(Cl)c(F)c1. The molecule has 0 heterocycles. The molecule has 1 atom stereocenters. The summed E-state index contributed by atoms with van der Waals surface area (Å²) in [6.07, 6.45) is 1.63. The van der Waals surface area contributed by atoms with Gasteiger partial charge in [-0.2, -0.15) is 0 Å². The monoisotopic (exact) mass is 242 g/mol. The van der Waals surface area contributed by atoms with Crippen molar-refractivity contribution in [3.8, 4) is 0 Å². The van der Waals surface area contributed by atoms with E-state index in [4.69, 9.17) is 17.4 Å². The number of allylic oxidation sites excluding steroid dienone is 1. The van der Waals surface area contributed by atoms with Crippen LogP contribution in [-0.4, -0.2) is 0 Å². The lowest BCUT2D eigenvalue weighted by Gasteiger charge is -2.16. The van der Waals surface area contributed by atoms with E-state index >= 15 is 0 Å². The molecule has 2 nitrogen and oxygen atoms in total. The molecule has 0 aliphatic rings. The molecule has 0 amide bonds. The zero-order valence-corrected chi connectivity index (χ0v) is 10.0. The largest absolute Gasteiger partial charge is 0.271 e. The summed E-state index contributed by atoms with van der Waals surface area (Å²) in [5.41, 5.74) is 4.54. The maximum atomic E-state index is 13.3. The summed E-state index contributed by atoms with van der Waals surface area (Å²) in [6, 6.07) is 4.64. The molecule has 0 aliphatic carbocycles. The molecule has 16 heavy (non-hydrogen) atoms. The van der Waals surface area contributed by atoms with Crippen LogP contribution in [0.15, 0.2) is 30.4 Å². The Morgan fingerprint density at radius 1 is 1.62 bits per heavy atom. The number of nitrogens with one attached hydrogen (secondary N) is 1. The fraction of sp³-hybridized carbons (Fsp3) is 0.333. The highest BCUT2D eigenvalue weighted by Crippen LogP contribution is 2.23. The van der Waals surface area contributed by atoms with Crippen LogP contribution in [0.4, 0.5) is 4.39 Å². The Kier molecular flexibility index (Phi) is 4.93. The minimum atomic E-state index is -0.422. The fourth-order valence-electron chi connectivity index (χ4n) is 1.47. The zero-order chi connectivity index (χ0) is 12.1. The minimum Gasteiger partial charge on any atom is -0.271 e. The van der Waals surface area contributed by atoms with E-state index in [-0.39, 0.29) is 11.1 Å². The van der Waals surface area contributed by atoms with Gasteiger partial charge in [0.1, 0.15) is 5.82 Å². The molecule has 0 saturated heterocycles. The van der Waals surface area contributed by atoms with Crippen LogP contribution >= 0.6 is 11.6 Å². The van der Waals surface area contributed by atoms with Crippen LogP contribution in [0.25, 0.3) is 0 Å². The second kappa shape index (κ2) is 5.99. The zero-order valence-electron chi connectivity index (χ0n) is 9.26. The van der Waals surface area contributed by atoms with Crippen LogP contribution in [-0.2, 0) is 0 Å². The number of hydrogen-bond acceptors (Lipinski definition) is 2. The molecule has 1 aromatic rings. The summed E-state index contributed by atoms with van der Waals surface area (Å²) < 4.78 is 13.3. The Morgan fingerprint density at radius 3 is 2.81 bits per heavy atom. The third-order valence-electron chi connectivity index (χ3n) is 2.41. The third kappa shape index (κ3) is 3.59. The van der Waals surface area contributed by atoms with Crippen molar-refractivity contribution in [2.45, 2.75) is 25.8 Å². The number of hydrazine groups is 1. The fourth-order valence-corrected chi connectivity index (χ4v) is 1.58. The normalized spacial score (nSPS) is 12.5. The van der Waals surface area contributed by atoms with Crippen molar-refractivity contribution in [2.75, 3.05) is 0 Å². The van der Waals surface area contributed by atoms with Gasteiger partial charge in [0.25, 0.3) is 0 Å². The number of rotatable bonds is 5. The quantitative estimate of drug-likeness (QED) is 0.472. The first kappa shape index (κ1) is 13.2. The Hall–Kier alpha value is -0.900. The van der Waals surface area contributed by atoms with Gasteiger partial charge in [0.05, 0.1) is 5.02 Å². The predicted molar refractivity (Wildman–Crippen MR) is 65.5 cm³/mol. The molecule has 0 saturated carbocycles. The summed E-state index contributed by atoms with van der Waals surface area (Å²) in [7, 11) is 0. The van der Waals surface area contributed by atoms with Crippen LogP contribution in [0, 0.1) is 5.82 Å². The number of halogens is 2.